The number of ketones is 1. The van der Waals surface area contributed by atoms with E-state index >= 15 is 0 Å². The molecule has 2 aromatic rings. The molecule has 0 saturated carbocycles. The summed E-state index contributed by atoms with van der Waals surface area (Å²) in [5.74, 6) is -1.82. The number of hydrogen-bond acceptors (Lipinski definition) is 2. The molecule has 0 atom stereocenters. The largest absolute Gasteiger partial charge is 0.319 e. The van der Waals surface area contributed by atoms with E-state index in [2.05, 4.69) is 5.32 Å². The lowest BCUT2D eigenvalue weighted by Crippen LogP contribution is -2.23. The Balaban J connectivity index is 2.14. The number of hydrogen-bond donors (Lipinski definition) is 1. The van der Waals surface area contributed by atoms with Crippen molar-refractivity contribution >= 4 is 17.4 Å². The van der Waals surface area contributed by atoms with E-state index in [1.807, 2.05) is 19.1 Å². The Bertz CT molecular complexity index is 663. The van der Waals surface area contributed by atoms with E-state index in [4.69, 9.17) is 0 Å². The molecule has 2 aromatic carbocycles. The second-order valence-corrected chi connectivity index (χ2v) is 4.61. The van der Waals surface area contributed by atoms with Crippen LogP contribution in [0.2, 0.25) is 0 Å². The van der Waals surface area contributed by atoms with Gasteiger partial charge in [0.25, 0.3) is 11.7 Å². The molecule has 0 aliphatic rings. The third-order valence-corrected chi connectivity index (χ3v) is 2.94. The van der Waals surface area contributed by atoms with E-state index in [9.17, 15) is 14.0 Å². The van der Waals surface area contributed by atoms with Crippen molar-refractivity contribution in [3.05, 3.63) is 65.0 Å². The molecule has 4 heteroatoms. The van der Waals surface area contributed by atoms with E-state index in [1.54, 1.807) is 19.1 Å². The zero-order valence-electron chi connectivity index (χ0n) is 11.2. The minimum absolute atomic E-state index is 0.175. The summed E-state index contributed by atoms with van der Waals surface area (Å²) in [5.41, 5.74) is 2.11. The molecule has 3 nitrogen and oxygen atoms in total. The van der Waals surface area contributed by atoms with Gasteiger partial charge in [0.2, 0.25) is 0 Å². The molecule has 0 bridgehead atoms. The molecule has 0 aliphatic heterocycles. The Morgan fingerprint density at radius 3 is 2.25 bits per heavy atom. The van der Waals surface area contributed by atoms with Gasteiger partial charge < -0.3 is 5.32 Å². The molecular formula is C16H14FNO2. The van der Waals surface area contributed by atoms with E-state index < -0.39 is 17.5 Å². The molecule has 102 valence electrons. The van der Waals surface area contributed by atoms with E-state index in [-0.39, 0.29) is 5.56 Å². The third kappa shape index (κ3) is 3.09. The minimum Gasteiger partial charge on any atom is -0.319 e. The summed E-state index contributed by atoms with van der Waals surface area (Å²) in [6.45, 7) is 3.47. The van der Waals surface area contributed by atoms with Gasteiger partial charge in [-0.05, 0) is 49.7 Å². The standard InChI is InChI=1S/C16H14FNO2/c1-10-3-6-13(7-4-10)18-16(20)15(19)12-5-8-14(17)11(2)9-12/h3-9H,1-2H3,(H,18,20). The molecule has 1 N–H and O–H groups in total. The van der Waals surface area contributed by atoms with Crippen LogP contribution in [0.15, 0.2) is 42.5 Å². The van der Waals surface area contributed by atoms with Crippen LogP contribution in [0.1, 0.15) is 21.5 Å². The number of aryl methyl sites for hydroxylation is 2. The average molecular weight is 271 g/mol. The Morgan fingerprint density at radius 2 is 1.65 bits per heavy atom. The van der Waals surface area contributed by atoms with Gasteiger partial charge in [-0.2, -0.15) is 0 Å². The molecule has 0 saturated heterocycles. The van der Waals surface area contributed by atoms with Gasteiger partial charge in [-0.25, -0.2) is 4.39 Å². The van der Waals surface area contributed by atoms with E-state index in [1.165, 1.54) is 18.2 Å². The Labute approximate surface area is 116 Å². The number of Topliss-reactive ketones (excluding diaryl/α,β-unsaturated/α-hetero) is 1. The lowest BCUT2D eigenvalue weighted by atomic mass is 10.1. The topological polar surface area (TPSA) is 46.2 Å². The number of nitrogens with one attached hydrogen (secondary N) is 1. The number of anilines is 1. The second-order valence-electron chi connectivity index (χ2n) is 4.61. The second kappa shape index (κ2) is 5.65. The van der Waals surface area contributed by atoms with Gasteiger partial charge in [-0.15, -0.1) is 0 Å². The van der Waals surface area contributed by atoms with Crippen LogP contribution in [0.4, 0.5) is 10.1 Å². The first kappa shape index (κ1) is 13.9. The predicted molar refractivity (Wildman–Crippen MR) is 75.3 cm³/mol. The van der Waals surface area contributed by atoms with Gasteiger partial charge in [0.05, 0.1) is 0 Å². The molecule has 0 unspecified atom stereocenters. The van der Waals surface area contributed by atoms with Gasteiger partial charge in [-0.1, -0.05) is 17.7 Å². The normalized spacial score (nSPS) is 10.2. The highest BCUT2D eigenvalue weighted by Gasteiger charge is 2.17. The van der Waals surface area contributed by atoms with Crippen molar-refractivity contribution in [2.75, 3.05) is 5.32 Å². The summed E-state index contributed by atoms with van der Waals surface area (Å²) in [7, 11) is 0. The van der Waals surface area contributed by atoms with Crippen LogP contribution in [0, 0.1) is 19.7 Å². The quantitative estimate of drug-likeness (QED) is 0.688. The molecule has 0 spiro atoms. The fourth-order valence-corrected chi connectivity index (χ4v) is 1.74. The highest BCUT2D eigenvalue weighted by Crippen LogP contribution is 2.12. The van der Waals surface area contributed by atoms with Crippen LogP contribution in [0.3, 0.4) is 0 Å². The van der Waals surface area contributed by atoms with Gasteiger partial charge in [0, 0.05) is 11.3 Å². The maximum atomic E-state index is 13.1. The Morgan fingerprint density at radius 1 is 1.00 bits per heavy atom. The first-order valence-corrected chi connectivity index (χ1v) is 6.16. The lowest BCUT2D eigenvalue weighted by molar-refractivity contribution is -0.112. The van der Waals surface area contributed by atoms with Crippen LogP contribution in [-0.2, 0) is 4.79 Å². The summed E-state index contributed by atoms with van der Waals surface area (Å²) in [5, 5.41) is 2.52. The van der Waals surface area contributed by atoms with Crippen molar-refractivity contribution in [3.8, 4) is 0 Å². The predicted octanol–water partition coefficient (Wildman–Crippen LogP) is 3.26. The van der Waals surface area contributed by atoms with Crippen LogP contribution < -0.4 is 5.32 Å². The first-order chi connectivity index (χ1) is 9.47. The van der Waals surface area contributed by atoms with Gasteiger partial charge in [0.15, 0.2) is 0 Å². The summed E-state index contributed by atoms with van der Waals surface area (Å²) < 4.78 is 13.1. The number of carbonyl (C=O) groups excluding carboxylic acids is 2. The van der Waals surface area contributed by atoms with Crippen LogP contribution in [0.25, 0.3) is 0 Å². The minimum atomic E-state index is -0.736. The van der Waals surface area contributed by atoms with Crippen LogP contribution in [0.5, 0.6) is 0 Å². The molecule has 1 amide bonds. The van der Waals surface area contributed by atoms with Crippen molar-refractivity contribution in [3.63, 3.8) is 0 Å². The monoisotopic (exact) mass is 271 g/mol. The van der Waals surface area contributed by atoms with Crippen molar-refractivity contribution in [2.24, 2.45) is 0 Å². The summed E-state index contributed by atoms with van der Waals surface area (Å²) >= 11 is 0. The summed E-state index contributed by atoms with van der Waals surface area (Å²) in [4.78, 5) is 23.8. The van der Waals surface area contributed by atoms with Crippen molar-refractivity contribution < 1.29 is 14.0 Å². The zero-order chi connectivity index (χ0) is 14.7. The SMILES string of the molecule is Cc1ccc(NC(=O)C(=O)c2ccc(F)c(C)c2)cc1. The summed E-state index contributed by atoms with van der Waals surface area (Å²) in [6.07, 6.45) is 0. The maximum Gasteiger partial charge on any atom is 0.296 e. The number of halogens is 1. The first-order valence-electron chi connectivity index (χ1n) is 6.16. The van der Waals surface area contributed by atoms with Crippen molar-refractivity contribution in [2.45, 2.75) is 13.8 Å². The van der Waals surface area contributed by atoms with Crippen molar-refractivity contribution in [1.82, 2.24) is 0 Å². The van der Waals surface area contributed by atoms with Gasteiger partial charge in [0.1, 0.15) is 5.82 Å². The third-order valence-electron chi connectivity index (χ3n) is 2.94. The van der Waals surface area contributed by atoms with E-state index in [0.29, 0.717) is 11.3 Å². The van der Waals surface area contributed by atoms with Gasteiger partial charge in [-0.3, -0.25) is 9.59 Å². The molecule has 20 heavy (non-hydrogen) atoms. The molecule has 0 aliphatic carbocycles. The molecule has 0 aromatic heterocycles. The average Bonchev–Trinajstić information content (AvgIpc) is 2.43. The van der Waals surface area contributed by atoms with E-state index in [0.717, 1.165) is 5.56 Å². The molecule has 0 radical (unpaired) electrons. The number of amides is 1. The molecule has 2 rings (SSSR count). The number of benzene rings is 2. The zero-order valence-corrected chi connectivity index (χ0v) is 11.2. The van der Waals surface area contributed by atoms with Crippen LogP contribution in [-0.4, -0.2) is 11.7 Å². The van der Waals surface area contributed by atoms with Gasteiger partial charge >= 0.3 is 0 Å². The van der Waals surface area contributed by atoms with Crippen LogP contribution >= 0.6 is 0 Å². The Kier molecular flexibility index (Phi) is 3.94. The highest BCUT2D eigenvalue weighted by atomic mass is 19.1. The fourth-order valence-electron chi connectivity index (χ4n) is 1.74. The Hall–Kier alpha value is -2.49. The lowest BCUT2D eigenvalue weighted by Gasteiger charge is -2.05. The van der Waals surface area contributed by atoms with Crippen molar-refractivity contribution in [1.29, 1.82) is 0 Å². The number of carbonyl (C=O) groups is 2. The fraction of sp³-hybridized carbons (Fsp3) is 0.125. The maximum absolute atomic E-state index is 13.1. The number of rotatable bonds is 3. The molecular weight excluding hydrogens is 257 g/mol. The summed E-state index contributed by atoms with van der Waals surface area (Å²) in [6, 6.07) is 11.0. The molecule has 0 heterocycles. The molecule has 0 fully saturated rings. The highest BCUT2D eigenvalue weighted by molar-refractivity contribution is 6.46. The smallest absolute Gasteiger partial charge is 0.296 e.